The van der Waals surface area contributed by atoms with Crippen molar-refractivity contribution in [3.63, 3.8) is 0 Å². The number of likely N-dealkylation sites (N-methyl/N-ethyl adjacent to an activating group) is 1. The molecule has 0 spiro atoms. The highest BCUT2D eigenvalue weighted by atomic mass is 32.2. The average Bonchev–Trinajstić information content (AvgIpc) is 3.48. The summed E-state index contributed by atoms with van der Waals surface area (Å²) in [6, 6.07) is 5.40. The van der Waals surface area contributed by atoms with Gasteiger partial charge in [-0.2, -0.15) is 13.2 Å². The largest absolute Gasteiger partial charge is 0.405 e. The van der Waals surface area contributed by atoms with Gasteiger partial charge >= 0.3 is 12.2 Å². The number of nitrogens with zero attached hydrogens (tertiary/aromatic N) is 2. The Hall–Kier alpha value is -2.71. The molecule has 2 fully saturated rings. The molecule has 10 nitrogen and oxygen atoms in total. The molecule has 3 atom stereocenters. The summed E-state index contributed by atoms with van der Waals surface area (Å²) in [5.41, 5.74) is 7.24. The van der Waals surface area contributed by atoms with Crippen LogP contribution in [0.5, 0.6) is 0 Å². The molecule has 37 heavy (non-hydrogen) atoms. The smallest absolute Gasteiger partial charge is 0.383 e. The molecule has 0 aromatic heterocycles. The maximum atomic E-state index is 12.8. The molecule has 14 heteroatoms. The molecule has 1 unspecified atom stereocenters. The van der Waals surface area contributed by atoms with Crippen LogP contribution in [0.2, 0.25) is 0 Å². The minimum absolute atomic E-state index is 0.233. The maximum absolute atomic E-state index is 12.8. The van der Waals surface area contributed by atoms with Gasteiger partial charge in [-0.05, 0) is 57.1 Å². The van der Waals surface area contributed by atoms with Crippen molar-refractivity contribution in [1.29, 1.82) is 0 Å². The lowest BCUT2D eigenvalue weighted by Gasteiger charge is -2.26. The van der Waals surface area contributed by atoms with Crippen LogP contribution < -0.4 is 27.0 Å². The number of carbonyl (C=O) groups excluding carboxylic acids is 3. The Morgan fingerprint density at radius 1 is 1.14 bits per heavy atom. The van der Waals surface area contributed by atoms with Gasteiger partial charge in [-0.15, -0.1) is 11.8 Å². The fraction of sp³-hybridized carbons (Fsp3) is 0.609. The molecule has 1 aromatic rings. The zero-order valence-electron chi connectivity index (χ0n) is 20.6. The van der Waals surface area contributed by atoms with Crippen molar-refractivity contribution in [3.8, 4) is 0 Å². The van der Waals surface area contributed by atoms with Crippen molar-refractivity contribution in [1.82, 2.24) is 20.4 Å². The predicted octanol–water partition coefficient (Wildman–Crippen LogP) is 1.61. The third kappa shape index (κ3) is 8.68. The van der Waals surface area contributed by atoms with Crippen molar-refractivity contribution >= 4 is 41.0 Å². The maximum Gasteiger partial charge on any atom is 0.405 e. The van der Waals surface area contributed by atoms with Gasteiger partial charge in [0.1, 0.15) is 23.2 Å². The molecule has 2 aliphatic heterocycles. The quantitative estimate of drug-likeness (QED) is 0.286. The number of amides is 4. The van der Waals surface area contributed by atoms with E-state index in [1.54, 1.807) is 36.5 Å². The summed E-state index contributed by atoms with van der Waals surface area (Å²) >= 11 is 1.15. The molecule has 0 saturated carbocycles. The fourth-order valence-electron chi connectivity index (χ4n) is 4.19. The van der Waals surface area contributed by atoms with E-state index in [2.05, 4.69) is 20.9 Å². The first-order valence-corrected chi connectivity index (χ1v) is 13.2. The van der Waals surface area contributed by atoms with E-state index in [1.165, 1.54) is 17.7 Å². The van der Waals surface area contributed by atoms with Crippen LogP contribution in [0.15, 0.2) is 24.3 Å². The number of likely N-dealkylation sites (tertiary alicyclic amines) is 1. The monoisotopic (exact) mass is 545 g/mol. The topological polar surface area (TPSA) is 132 Å². The Morgan fingerprint density at radius 2 is 1.78 bits per heavy atom. The van der Waals surface area contributed by atoms with E-state index in [0.29, 0.717) is 17.9 Å². The van der Waals surface area contributed by atoms with Crippen molar-refractivity contribution in [3.05, 3.63) is 24.3 Å². The lowest BCUT2D eigenvalue weighted by Crippen LogP contribution is -2.53. The van der Waals surface area contributed by atoms with Gasteiger partial charge in [-0.1, -0.05) is 0 Å². The molecule has 4 amide bonds. The normalized spacial score (nSPS) is 21.1. The summed E-state index contributed by atoms with van der Waals surface area (Å²) in [5, 5.41) is 9.21. The lowest BCUT2D eigenvalue weighted by molar-refractivity contribution is -0.140. The molecule has 0 radical (unpaired) electrons. The molecule has 1 aromatic carbocycles. The Morgan fingerprint density at radius 3 is 2.41 bits per heavy atom. The first kappa shape index (κ1) is 28.9. The number of nitrogens with two attached hydrogens (primary N) is 1. The Kier molecular flexibility index (Phi) is 10.3. The third-order valence-electron chi connectivity index (χ3n) is 6.13. The number of halogens is 3. The molecule has 206 valence electrons. The molecule has 0 bridgehead atoms. The van der Waals surface area contributed by atoms with E-state index < -0.39 is 35.3 Å². The summed E-state index contributed by atoms with van der Waals surface area (Å²) in [5.74, 6) is -1.20. The van der Waals surface area contributed by atoms with Gasteiger partial charge in [-0.3, -0.25) is 9.59 Å². The van der Waals surface area contributed by atoms with Crippen LogP contribution in [0.25, 0.3) is 0 Å². The number of alkyl halides is 3. The number of nitrogens with one attached hydrogen (secondary N) is 4. The Bertz CT molecular complexity index is 929. The molecule has 0 aliphatic carbocycles. The first-order valence-electron chi connectivity index (χ1n) is 12.2. The van der Waals surface area contributed by atoms with Gasteiger partial charge in [0.2, 0.25) is 11.8 Å². The van der Waals surface area contributed by atoms with Crippen molar-refractivity contribution in [2.24, 2.45) is 5.73 Å². The molecule has 2 heterocycles. The number of hydrogen-bond acceptors (Lipinski definition) is 7. The standard InChI is InChI=1S/C23H34F3N7O3S/c1-2-33-20(35)17(37-21(33)18(27)19(34)30-14-23(24,25)26)13-29-15-5-7-16(8-6-15)31-22(36)28-9-12-32-10-3-4-11-32/h5-8,17-18,21,29H,2-4,9-14,27H2,1H3,(H,30,34)(H2,28,31,36)/t17-,18-,21?/m1/s1. The van der Waals surface area contributed by atoms with Crippen LogP contribution >= 0.6 is 11.8 Å². The minimum Gasteiger partial charge on any atom is -0.383 e. The van der Waals surface area contributed by atoms with E-state index in [9.17, 15) is 27.6 Å². The van der Waals surface area contributed by atoms with E-state index in [-0.39, 0.29) is 25.0 Å². The second kappa shape index (κ2) is 13.2. The van der Waals surface area contributed by atoms with Gasteiger partial charge < -0.3 is 36.8 Å². The fourth-order valence-corrected chi connectivity index (χ4v) is 5.65. The van der Waals surface area contributed by atoms with E-state index in [0.717, 1.165) is 31.4 Å². The summed E-state index contributed by atoms with van der Waals surface area (Å²) < 4.78 is 37.2. The highest BCUT2D eigenvalue weighted by Gasteiger charge is 2.44. The number of anilines is 2. The molecule has 2 aliphatic rings. The van der Waals surface area contributed by atoms with Crippen molar-refractivity contribution in [2.75, 3.05) is 56.4 Å². The molecule has 2 saturated heterocycles. The van der Waals surface area contributed by atoms with Gasteiger partial charge in [0, 0.05) is 37.6 Å². The summed E-state index contributed by atoms with van der Waals surface area (Å²) in [6.07, 6.45) is -2.14. The second-order valence-electron chi connectivity index (χ2n) is 8.89. The summed E-state index contributed by atoms with van der Waals surface area (Å²) in [6.45, 7) is 4.29. The van der Waals surface area contributed by atoms with Crippen LogP contribution in [-0.4, -0.2) is 96.3 Å². The van der Waals surface area contributed by atoms with Crippen molar-refractivity contribution < 1.29 is 27.6 Å². The lowest BCUT2D eigenvalue weighted by atomic mass is 10.2. The van der Waals surface area contributed by atoms with E-state index >= 15 is 0 Å². The molecule has 6 N–H and O–H groups in total. The number of hydrogen-bond donors (Lipinski definition) is 5. The van der Waals surface area contributed by atoms with Crippen LogP contribution in [0.4, 0.5) is 29.3 Å². The number of urea groups is 1. The third-order valence-corrected chi connectivity index (χ3v) is 7.65. The number of rotatable bonds is 11. The van der Waals surface area contributed by atoms with Crippen LogP contribution in [0.3, 0.4) is 0 Å². The second-order valence-corrected chi connectivity index (χ2v) is 10.2. The van der Waals surface area contributed by atoms with Crippen LogP contribution in [0, 0.1) is 0 Å². The van der Waals surface area contributed by atoms with Gasteiger partial charge in [0.15, 0.2) is 0 Å². The zero-order valence-corrected chi connectivity index (χ0v) is 21.5. The highest BCUT2D eigenvalue weighted by molar-refractivity contribution is 8.01. The van der Waals surface area contributed by atoms with Gasteiger partial charge in [-0.25, -0.2) is 4.79 Å². The van der Waals surface area contributed by atoms with Crippen LogP contribution in [0.1, 0.15) is 19.8 Å². The van der Waals surface area contributed by atoms with Gasteiger partial charge in [0.25, 0.3) is 0 Å². The van der Waals surface area contributed by atoms with Crippen molar-refractivity contribution in [2.45, 2.75) is 42.6 Å². The Balaban J connectivity index is 1.45. The molecular weight excluding hydrogens is 511 g/mol. The number of benzene rings is 1. The van der Waals surface area contributed by atoms with E-state index in [1.807, 2.05) is 0 Å². The highest BCUT2D eigenvalue weighted by Crippen LogP contribution is 2.33. The summed E-state index contributed by atoms with van der Waals surface area (Å²) in [7, 11) is 0. The zero-order chi connectivity index (χ0) is 27.0. The SMILES string of the molecule is CCN1C(=O)[C@@H](CNc2ccc(NC(=O)NCCN3CCCC3)cc2)SC1[C@H](N)C(=O)NCC(F)(F)F. The average molecular weight is 546 g/mol. The number of thioether (sulfide) groups is 1. The molecule has 3 rings (SSSR count). The van der Waals surface area contributed by atoms with Gasteiger partial charge in [0.05, 0.1) is 0 Å². The first-order chi connectivity index (χ1) is 17.6. The van der Waals surface area contributed by atoms with Crippen LogP contribution in [-0.2, 0) is 9.59 Å². The number of carbonyl (C=O) groups is 3. The molecular formula is C23H34F3N7O3S. The summed E-state index contributed by atoms with van der Waals surface area (Å²) in [4.78, 5) is 40.7. The minimum atomic E-state index is -4.55. The predicted molar refractivity (Wildman–Crippen MR) is 137 cm³/mol. The Labute approximate surface area is 218 Å². The van der Waals surface area contributed by atoms with E-state index in [4.69, 9.17) is 5.73 Å².